The first kappa shape index (κ1) is 11.9. The summed E-state index contributed by atoms with van der Waals surface area (Å²) in [6, 6.07) is 0. The van der Waals surface area contributed by atoms with Crippen molar-refractivity contribution in [2.75, 3.05) is 13.2 Å². The van der Waals surface area contributed by atoms with Crippen LogP contribution in [0, 0.1) is 5.92 Å². The van der Waals surface area contributed by atoms with Gasteiger partial charge in [0.15, 0.2) is 6.29 Å². The minimum absolute atomic E-state index is 0.276. The highest BCUT2D eigenvalue weighted by Gasteiger charge is 2.42. The Morgan fingerprint density at radius 1 is 1.29 bits per heavy atom. The Morgan fingerprint density at radius 2 is 1.93 bits per heavy atom. The number of hydrogen-bond acceptors (Lipinski definition) is 5. The van der Waals surface area contributed by atoms with Crippen molar-refractivity contribution in [2.24, 2.45) is 5.92 Å². The molecule has 1 aliphatic heterocycles. The van der Waals surface area contributed by atoms with Gasteiger partial charge in [0.1, 0.15) is 12.2 Å². The quantitative estimate of drug-likeness (QED) is 0.557. The Bertz CT molecular complexity index is 171. The first-order valence-electron chi connectivity index (χ1n) is 4.85. The van der Waals surface area contributed by atoms with Gasteiger partial charge in [-0.1, -0.05) is 6.92 Å². The maximum absolute atomic E-state index is 9.66. The van der Waals surface area contributed by atoms with Gasteiger partial charge in [-0.05, 0) is 6.92 Å². The summed E-state index contributed by atoms with van der Waals surface area (Å²) in [7, 11) is 0. The predicted molar refractivity (Wildman–Crippen MR) is 48.6 cm³/mol. The predicted octanol–water partition coefficient (Wildman–Crippen LogP) is -0.902. The Labute approximate surface area is 83.3 Å². The molecule has 0 saturated carbocycles. The van der Waals surface area contributed by atoms with E-state index >= 15 is 0 Å². The molecule has 1 rings (SSSR count). The average molecular weight is 206 g/mol. The lowest BCUT2D eigenvalue weighted by atomic mass is 9.91. The van der Waals surface area contributed by atoms with E-state index in [1.54, 1.807) is 13.8 Å². The molecule has 0 radical (unpaired) electrons. The highest BCUT2D eigenvalue weighted by atomic mass is 16.7. The molecule has 0 spiro atoms. The normalized spacial score (nSPS) is 43.9. The zero-order valence-electron chi connectivity index (χ0n) is 8.46. The van der Waals surface area contributed by atoms with Crippen LogP contribution in [0.5, 0.6) is 0 Å². The van der Waals surface area contributed by atoms with Gasteiger partial charge in [0.2, 0.25) is 0 Å². The summed E-state index contributed by atoms with van der Waals surface area (Å²) in [4.78, 5) is 0. The van der Waals surface area contributed by atoms with Gasteiger partial charge in [-0.3, -0.25) is 0 Å². The third-order valence-electron chi connectivity index (χ3n) is 2.56. The van der Waals surface area contributed by atoms with E-state index in [0.29, 0.717) is 6.61 Å². The van der Waals surface area contributed by atoms with Crippen LogP contribution in [0.15, 0.2) is 0 Å². The Hall–Kier alpha value is -0.200. The number of aliphatic hydroxyl groups is 3. The van der Waals surface area contributed by atoms with Crippen LogP contribution in [-0.4, -0.2) is 53.1 Å². The van der Waals surface area contributed by atoms with E-state index in [0.717, 1.165) is 0 Å². The highest BCUT2D eigenvalue weighted by molar-refractivity contribution is 4.86. The Balaban J connectivity index is 2.63. The minimum atomic E-state index is -0.855. The molecule has 1 heterocycles. The molecule has 84 valence electrons. The van der Waals surface area contributed by atoms with E-state index in [1.807, 2.05) is 0 Å². The maximum Gasteiger partial charge on any atom is 0.184 e. The molecular formula is C9H18O5. The lowest BCUT2D eigenvalue weighted by Crippen LogP contribution is -2.55. The Kier molecular flexibility index (Phi) is 4.28. The second kappa shape index (κ2) is 5.04. The molecule has 5 atom stereocenters. The maximum atomic E-state index is 9.66. The summed E-state index contributed by atoms with van der Waals surface area (Å²) in [6.45, 7) is 3.64. The molecule has 1 fully saturated rings. The smallest absolute Gasteiger partial charge is 0.184 e. The molecule has 1 aliphatic rings. The first-order chi connectivity index (χ1) is 6.61. The van der Waals surface area contributed by atoms with Gasteiger partial charge in [0.05, 0.1) is 12.7 Å². The van der Waals surface area contributed by atoms with Crippen molar-refractivity contribution < 1.29 is 24.8 Å². The lowest BCUT2D eigenvalue weighted by molar-refractivity contribution is -0.286. The van der Waals surface area contributed by atoms with Crippen molar-refractivity contribution in [3.8, 4) is 0 Å². The second-order valence-electron chi connectivity index (χ2n) is 3.52. The van der Waals surface area contributed by atoms with E-state index < -0.39 is 24.6 Å². The van der Waals surface area contributed by atoms with Crippen molar-refractivity contribution in [1.82, 2.24) is 0 Å². The molecular weight excluding hydrogens is 188 g/mol. The molecule has 0 amide bonds. The lowest BCUT2D eigenvalue weighted by Gasteiger charge is -2.40. The monoisotopic (exact) mass is 206 g/mol. The zero-order valence-corrected chi connectivity index (χ0v) is 8.46. The summed E-state index contributed by atoms with van der Waals surface area (Å²) in [5, 5.41) is 28.2. The minimum Gasteiger partial charge on any atom is -0.394 e. The second-order valence-corrected chi connectivity index (χ2v) is 3.52. The van der Waals surface area contributed by atoms with E-state index in [2.05, 4.69) is 0 Å². The molecule has 5 heteroatoms. The van der Waals surface area contributed by atoms with Crippen LogP contribution in [-0.2, 0) is 9.47 Å². The van der Waals surface area contributed by atoms with Crippen molar-refractivity contribution in [2.45, 2.75) is 38.4 Å². The van der Waals surface area contributed by atoms with Crippen LogP contribution >= 0.6 is 0 Å². The van der Waals surface area contributed by atoms with E-state index in [4.69, 9.17) is 14.6 Å². The average Bonchev–Trinajstić information content (AvgIpc) is 2.19. The van der Waals surface area contributed by atoms with Gasteiger partial charge >= 0.3 is 0 Å². The number of aliphatic hydroxyl groups excluding tert-OH is 3. The molecule has 14 heavy (non-hydrogen) atoms. The summed E-state index contributed by atoms with van der Waals surface area (Å²) >= 11 is 0. The van der Waals surface area contributed by atoms with Gasteiger partial charge in [-0.25, -0.2) is 0 Å². The van der Waals surface area contributed by atoms with Crippen molar-refractivity contribution >= 4 is 0 Å². The van der Waals surface area contributed by atoms with Crippen molar-refractivity contribution in [3.05, 3.63) is 0 Å². The summed E-state index contributed by atoms with van der Waals surface area (Å²) in [5.41, 5.74) is 0. The van der Waals surface area contributed by atoms with E-state index in [1.165, 1.54) is 0 Å². The van der Waals surface area contributed by atoms with Crippen molar-refractivity contribution in [1.29, 1.82) is 0 Å². The van der Waals surface area contributed by atoms with Crippen LogP contribution in [0.2, 0.25) is 0 Å². The summed E-state index contributed by atoms with van der Waals surface area (Å²) in [5.74, 6) is -0.363. The highest BCUT2D eigenvalue weighted by Crippen LogP contribution is 2.26. The number of hydrogen-bond donors (Lipinski definition) is 3. The van der Waals surface area contributed by atoms with E-state index in [-0.39, 0.29) is 12.5 Å². The third-order valence-corrected chi connectivity index (χ3v) is 2.56. The fraction of sp³-hybridized carbons (Fsp3) is 1.00. The molecule has 0 aromatic heterocycles. The van der Waals surface area contributed by atoms with Crippen molar-refractivity contribution in [3.63, 3.8) is 0 Å². The van der Waals surface area contributed by atoms with Crippen LogP contribution < -0.4 is 0 Å². The summed E-state index contributed by atoms with van der Waals surface area (Å²) in [6.07, 6.45) is -3.14. The molecule has 0 aromatic rings. The molecule has 5 nitrogen and oxygen atoms in total. The van der Waals surface area contributed by atoms with Gasteiger partial charge in [-0.15, -0.1) is 0 Å². The van der Waals surface area contributed by atoms with Gasteiger partial charge in [0, 0.05) is 12.5 Å². The van der Waals surface area contributed by atoms with Gasteiger partial charge in [0.25, 0.3) is 0 Å². The summed E-state index contributed by atoms with van der Waals surface area (Å²) < 4.78 is 10.4. The molecule has 0 aliphatic carbocycles. The standard InChI is InChI=1S/C9H18O5/c1-3-13-9-8(12)5(2)7(11)6(4-10)14-9/h5-12H,3-4H2,1-2H3/t5?,6?,7-,8?,9-/m0/s1. The van der Waals surface area contributed by atoms with Crippen LogP contribution in [0.4, 0.5) is 0 Å². The van der Waals surface area contributed by atoms with Crippen LogP contribution in [0.3, 0.4) is 0 Å². The van der Waals surface area contributed by atoms with Gasteiger partial charge < -0.3 is 24.8 Å². The third kappa shape index (κ3) is 2.24. The van der Waals surface area contributed by atoms with E-state index in [9.17, 15) is 10.2 Å². The topological polar surface area (TPSA) is 79.2 Å². The van der Waals surface area contributed by atoms with Crippen LogP contribution in [0.1, 0.15) is 13.8 Å². The van der Waals surface area contributed by atoms with Gasteiger partial charge in [-0.2, -0.15) is 0 Å². The molecule has 0 bridgehead atoms. The molecule has 3 N–H and O–H groups in total. The number of ether oxygens (including phenoxy) is 2. The fourth-order valence-electron chi connectivity index (χ4n) is 1.57. The number of rotatable bonds is 3. The SMILES string of the molecule is CCO[C@H]1OC(CO)[C@@H](O)C(C)C1O. The first-order valence-corrected chi connectivity index (χ1v) is 4.85. The molecule has 1 saturated heterocycles. The molecule has 0 aromatic carbocycles. The molecule has 3 unspecified atom stereocenters. The fourth-order valence-corrected chi connectivity index (χ4v) is 1.57. The Morgan fingerprint density at radius 3 is 2.43 bits per heavy atom. The largest absolute Gasteiger partial charge is 0.394 e. The van der Waals surface area contributed by atoms with Crippen LogP contribution in [0.25, 0.3) is 0 Å². The zero-order chi connectivity index (χ0) is 10.7.